The molecule has 0 bridgehead atoms. The average molecular weight is 208 g/mol. The summed E-state index contributed by atoms with van der Waals surface area (Å²) in [5, 5.41) is 8.23. The Morgan fingerprint density at radius 1 is 1.00 bits per heavy atom. The zero-order chi connectivity index (χ0) is 10.9. The molecular formula is C5H4F6NO+. The number of rotatable bonds is 0. The van der Waals surface area contributed by atoms with E-state index in [9.17, 15) is 26.3 Å². The molecule has 13 heavy (non-hydrogen) atoms. The van der Waals surface area contributed by atoms with Crippen molar-refractivity contribution in [3.05, 3.63) is 4.85 Å². The number of aliphatic hydroxyl groups is 1. The van der Waals surface area contributed by atoms with Gasteiger partial charge in [0.15, 0.2) is 0 Å². The number of hydrogen-bond acceptors (Lipinski definition) is 1. The Morgan fingerprint density at radius 3 is 1.38 bits per heavy atom. The SMILES string of the molecule is C[N+]#CC(O)(C(F)(F)F)C(F)(F)F. The Balaban J connectivity index is 5.30. The third kappa shape index (κ3) is 2.03. The summed E-state index contributed by atoms with van der Waals surface area (Å²) in [6.45, 7) is 0. The van der Waals surface area contributed by atoms with Crippen molar-refractivity contribution in [3.63, 3.8) is 0 Å². The van der Waals surface area contributed by atoms with Crippen LogP contribution in [-0.4, -0.2) is 30.1 Å². The lowest BCUT2D eigenvalue weighted by molar-refractivity contribution is -0.343. The summed E-state index contributed by atoms with van der Waals surface area (Å²) in [6.07, 6.45) is -11.8. The summed E-state index contributed by atoms with van der Waals surface area (Å²) in [4.78, 5) is 2.40. The van der Waals surface area contributed by atoms with Gasteiger partial charge >= 0.3 is 24.0 Å². The molecule has 0 fully saturated rings. The van der Waals surface area contributed by atoms with Gasteiger partial charge in [-0.15, -0.1) is 0 Å². The Labute approximate surface area is 68.6 Å². The summed E-state index contributed by atoms with van der Waals surface area (Å²) in [5.74, 6) is 0. The van der Waals surface area contributed by atoms with E-state index < -0.39 is 18.0 Å². The number of hydrogen-bond donors (Lipinski definition) is 1. The van der Waals surface area contributed by atoms with Gasteiger partial charge in [-0.05, 0) is 0 Å². The molecule has 0 heterocycles. The van der Waals surface area contributed by atoms with Gasteiger partial charge in [-0.25, -0.2) is 0 Å². The van der Waals surface area contributed by atoms with Crippen molar-refractivity contribution < 1.29 is 31.4 Å². The van der Waals surface area contributed by atoms with Crippen LogP contribution in [0.15, 0.2) is 0 Å². The molecule has 0 unspecified atom stereocenters. The fourth-order valence-electron chi connectivity index (χ4n) is 0.449. The molecule has 0 saturated carbocycles. The molecule has 0 rings (SSSR count). The summed E-state index contributed by atoms with van der Waals surface area (Å²) in [6, 6.07) is 0.569. The highest BCUT2D eigenvalue weighted by Crippen LogP contribution is 2.42. The van der Waals surface area contributed by atoms with Crippen LogP contribution in [0.2, 0.25) is 0 Å². The smallest absolute Gasteiger partial charge is 0.358 e. The van der Waals surface area contributed by atoms with E-state index in [-0.39, 0.29) is 0 Å². The Bertz CT molecular complexity index is 228. The van der Waals surface area contributed by atoms with Crippen LogP contribution in [0.4, 0.5) is 26.3 Å². The van der Waals surface area contributed by atoms with Gasteiger partial charge in [0.25, 0.3) is 7.05 Å². The zero-order valence-corrected chi connectivity index (χ0v) is 6.16. The van der Waals surface area contributed by atoms with Gasteiger partial charge in [0.1, 0.15) is 0 Å². The summed E-state index contributed by atoms with van der Waals surface area (Å²) in [5.41, 5.74) is -4.99. The average Bonchev–Trinajstić information content (AvgIpc) is 1.82. The predicted molar refractivity (Wildman–Crippen MR) is 30.2 cm³/mol. The van der Waals surface area contributed by atoms with Crippen LogP contribution >= 0.6 is 0 Å². The molecule has 0 atom stereocenters. The minimum atomic E-state index is -5.88. The number of alkyl halides is 6. The van der Waals surface area contributed by atoms with Gasteiger partial charge in [-0.3, -0.25) is 0 Å². The van der Waals surface area contributed by atoms with E-state index in [1.807, 2.05) is 0 Å². The van der Waals surface area contributed by atoms with Crippen LogP contribution in [0, 0.1) is 6.07 Å². The highest BCUT2D eigenvalue weighted by molar-refractivity contribution is 5.15. The molecular weight excluding hydrogens is 204 g/mol. The molecule has 0 spiro atoms. The molecule has 0 aromatic carbocycles. The molecule has 0 aliphatic heterocycles. The van der Waals surface area contributed by atoms with Crippen LogP contribution in [-0.2, 0) is 0 Å². The maximum Gasteiger partial charge on any atom is 0.445 e. The summed E-state index contributed by atoms with van der Waals surface area (Å²) in [7, 11) is 0.641. The minimum absolute atomic E-state index is 0.569. The van der Waals surface area contributed by atoms with E-state index in [1.54, 1.807) is 0 Å². The fraction of sp³-hybridized carbons (Fsp3) is 0.800. The molecule has 0 amide bonds. The number of nitrogens with zero attached hydrogens (tertiary/aromatic N) is 1. The van der Waals surface area contributed by atoms with E-state index in [0.29, 0.717) is 13.1 Å². The van der Waals surface area contributed by atoms with Crippen molar-refractivity contribution in [2.24, 2.45) is 0 Å². The second-order valence-electron chi connectivity index (χ2n) is 2.04. The number of halogens is 6. The van der Waals surface area contributed by atoms with E-state index in [2.05, 4.69) is 4.85 Å². The topological polar surface area (TPSA) is 24.6 Å². The van der Waals surface area contributed by atoms with E-state index in [0.717, 1.165) is 0 Å². The molecule has 0 radical (unpaired) electrons. The standard InChI is InChI=1S/C5H4F6NO/c1-12-2-3(13,4(6,7)8)5(9,10)11/h13H,1H3/q+1. The van der Waals surface area contributed by atoms with Crippen molar-refractivity contribution in [3.8, 4) is 6.07 Å². The van der Waals surface area contributed by atoms with Crippen LogP contribution in [0.3, 0.4) is 0 Å². The molecule has 0 aliphatic carbocycles. The third-order valence-electron chi connectivity index (χ3n) is 1.09. The van der Waals surface area contributed by atoms with Gasteiger partial charge in [0, 0.05) is 0 Å². The van der Waals surface area contributed by atoms with E-state index in [1.165, 1.54) is 0 Å². The van der Waals surface area contributed by atoms with Crippen molar-refractivity contribution in [2.75, 3.05) is 7.05 Å². The Morgan fingerprint density at radius 2 is 1.31 bits per heavy atom. The van der Waals surface area contributed by atoms with E-state index in [4.69, 9.17) is 5.11 Å². The molecule has 0 saturated heterocycles. The first-order chi connectivity index (χ1) is 5.56. The van der Waals surface area contributed by atoms with Crippen molar-refractivity contribution in [2.45, 2.75) is 18.0 Å². The van der Waals surface area contributed by atoms with E-state index >= 15 is 0 Å². The molecule has 0 aromatic rings. The lowest BCUT2D eigenvalue weighted by Gasteiger charge is -2.22. The second-order valence-corrected chi connectivity index (χ2v) is 2.04. The normalized spacial score (nSPS) is 13.5. The van der Waals surface area contributed by atoms with Gasteiger partial charge < -0.3 is 5.11 Å². The first-order valence-corrected chi connectivity index (χ1v) is 2.78. The lowest BCUT2D eigenvalue weighted by Crippen LogP contribution is -2.55. The molecule has 8 heteroatoms. The quantitative estimate of drug-likeness (QED) is 0.476. The Kier molecular flexibility index (Phi) is 2.84. The largest absolute Gasteiger partial charge is 0.445 e. The van der Waals surface area contributed by atoms with Gasteiger partial charge in [0.2, 0.25) is 0 Å². The molecule has 0 aromatic heterocycles. The highest BCUT2D eigenvalue weighted by atomic mass is 19.4. The molecule has 1 N–H and O–H groups in total. The van der Waals surface area contributed by atoms with Crippen LogP contribution in [0.5, 0.6) is 0 Å². The monoisotopic (exact) mass is 208 g/mol. The minimum Gasteiger partial charge on any atom is -0.358 e. The van der Waals surface area contributed by atoms with Gasteiger partial charge in [-0.2, -0.15) is 26.3 Å². The van der Waals surface area contributed by atoms with Crippen molar-refractivity contribution in [1.29, 1.82) is 0 Å². The maximum absolute atomic E-state index is 11.7. The van der Waals surface area contributed by atoms with Crippen molar-refractivity contribution >= 4 is 0 Å². The maximum atomic E-state index is 11.7. The first-order valence-electron chi connectivity index (χ1n) is 2.78. The first kappa shape index (κ1) is 12.0. The Hall–Kier alpha value is -0.970. The van der Waals surface area contributed by atoms with Gasteiger partial charge in [-0.1, -0.05) is 4.85 Å². The fourth-order valence-corrected chi connectivity index (χ4v) is 0.449. The molecule has 76 valence electrons. The lowest BCUT2D eigenvalue weighted by atomic mass is 10.1. The third-order valence-corrected chi connectivity index (χ3v) is 1.09. The van der Waals surface area contributed by atoms with Crippen LogP contribution in [0.25, 0.3) is 4.85 Å². The molecule has 2 nitrogen and oxygen atoms in total. The van der Waals surface area contributed by atoms with Crippen LogP contribution in [0.1, 0.15) is 0 Å². The highest BCUT2D eigenvalue weighted by Gasteiger charge is 2.74. The zero-order valence-electron chi connectivity index (χ0n) is 6.16. The predicted octanol–water partition coefficient (Wildman–Crippen LogP) is 1.80. The van der Waals surface area contributed by atoms with Gasteiger partial charge in [0.05, 0.1) is 0 Å². The summed E-state index contributed by atoms with van der Waals surface area (Å²) >= 11 is 0. The van der Waals surface area contributed by atoms with Crippen molar-refractivity contribution in [1.82, 2.24) is 0 Å². The molecule has 0 aliphatic rings. The second kappa shape index (κ2) is 3.06. The van der Waals surface area contributed by atoms with Crippen LogP contribution < -0.4 is 0 Å². The summed E-state index contributed by atoms with van der Waals surface area (Å²) < 4.78 is 70.2.